The van der Waals surface area contributed by atoms with Crippen molar-refractivity contribution in [3.05, 3.63) is 237 Å². The van der Waals surface area contributed by atoms with Crippen LogP contribution in [0.15, 0.2) is 241 Å². The molecule has 10 aromatic rings. The lowest BCUT2D eigenvalue weighted by molar-refractivity contribution is 0.669. The molecule has 9 aromatic carbocycles. The first-order chi connectivity index (χ1) is 28.3. The Hall–Kier alpha value is -7.20. The molecule has 1 heterocycles. The smallest absolute Gasteiger partial charge is 0.179 e. The number of anilines is 3. The highest BCUT2D eigenvalue weighted by molar-refractivity contribution is 7.19. The van der Waals surface area contributed by atoms with E-state index in [1.54, 1.807) is 0 Å². The van der Waals surface area contributed by atoms with Gasteiger partial charge in [0.15, 0.2) is 8.07 Å². The molecule has 0 atom stereocenters. The number of nitrogens with zero attached hydrogens (tertiary/aromatic N) is 1. The molecule has 0 bridgehead atoms. The summed E-state index contributed by atoms with van der Waals surface area (Å²) in [5.41, 5.74) is 9.64. The molecule has 0 amide bonds. The average Bonchev–Trinajstić information content (AvgIpc) is 3.66. The van der Waals surface area contributed by atoms with Crippen LogP contribution < -0.4 is 25.6 Å². The van der Waals surface area contributed by atoms with Gasteiger partial charge in [-0.2, -0.15) is 0 Å². The highest BCUT2D eigenvalue weighted by Gasteiger charge is 2.41. The van der Waals surface area contributed by atoms with Crippen molar-refractivity contribution < 1.29 is 4.42 Å². The van der Waals surface area contributed by atoms with E-state index in [0.717, 1.165) is 44.6 Å². The van der Waals surface area contributed by atoms with Gasteiger partial charge < -0.3 is 9.32 Å². The molecular formula is C54H39NOSi. The van der Waals surface area contributed by atoms with E-state index in [9.17, 15) is 0 Å². The molecule has 0 saturated carbocycles. The van der Waals surface area contributed by atoms with Gasteiger partial charge in [-0.05, 0) is 91.5 Å². The van der Waals surface area contributed by atoms with Gasteiger partial charge >= 0.3 is 0 Å². The third-order valence-electron chi connectivity index (χ3n) is 11.2. The summed E-state index contributed by atoms with van der Waals surface area (Å²) in [6, 6.07) is 85.6. The Morgan fingerprint density at radius 1 is 0.281 bits per heavy atom. The van der Waals surface area contributed by atoms with E-state index in [2.05, 4.69) is 235 Å². The second kappa shape index (κ2) is 14.8. The Bertz CT molecular complexity index is 2810. The minimum absolute atomic E-state index is 0.867. The number of rotatable bonds is 9. The van der Waals surface area contributed by atoms with Crippen molar-refractivity contribution in [3.63, 3.8) is 0 Å². The van der Waals surface area contributed by atoms with E-state index < -0.39 is 8.07 Å². The summed E-state index contributed by atoms with van der Waals surface area (Å²) < 4.78 is 6.55. The van der Waals surface area contributed by atoms with Gasteiger partial charge in [-0.1, -0.05) is 182 Å². The van der Waals surface area contributed by atoms with E-state index >= 15 is 0 Å². The summed E-state index contributed by atoms with van der Waals surface area (Å²) in [6.45, 7) is 0. The average molecular weight is 746 g/mol. The van der Waals surface area contributed by atoms with Gasteiger partial charge in [0.25, 0.3) is 0 Å². The lowest BCUT2D eigenvalue weighted by Crippen LogP contribution is -2.74. The molecule has 0 fully saturated rings. The van der Waals surface area contributed by atoms with E-state index in [1.807, 2.05) is 6.07 Å². The molecule has 0 aliphatic carbocycles. The predicted octanol–water partition coefficient (Wildman–Crippen LogP) is 11.8. The van der Waals surface area contributed by atoms with Gasteiger partial charge in [-0.25, -0.2) is 0 Å². The standard InChI is InChI=1S/C54H39NOSi/c1-6-16-40(17-7-1)43-30-36-51-52-37-33-46(39-54(52)56-53(51)38-43)55(44-18-8-2-9-19-44)45-31-26-41(27-32-45)42-28-34-50(35-29-42)57(47-20-10-3-11-21-47,48-22-12-4-13-23-48)49-24-14-5-15-25-49/h1-39H. The summed E-state index contributed by atoms with van der Waals surface area (Å²) in [5, 5.41) is 7.71. The van der Waals surface area contributed by atoms with Crippen LogP contribution in [0, 0.1) is 0 Å². The molecule has 57 heavy (non-hydrogen) atoms. The predicted molar refractivity (Wildman–Crippen MR) is 243 cm³/mol. The number of fused-ring (bicyclic) bond motifs is 3. The monoisotopic (exact) mass is 745 g/mol. The highest BCUT2D eigenvalue weighted by Crippen LogP contribution is 2.39. The first-order valence-corrected chi connectivity index (χ1v) is 21.5. The molecule has 2 nitrogen and oxygen atoms in total. The molecule has 0 unspecified atom stereocenters. The van der Waals surface area contributed by atoms with Gasteiger partial charge in [0, 0.05) is 33.9 Å². The normalized spacial score (nSPS) is 11.5. The molecule has 0 N–H and O–H groups in total. The topological polar surface area (TPSA) is 16.4 Å². The summed E-state index contributed by atoms with van der Waals surface area (Å²) in [5.74, 6) is 0. The summed E-state index contributed by atoms with van der Waals surface area (Å²) in [7, 11) is -2.59. The largest absolute Gasteiger partial charge is 0.456 e. The first-order valence-electron chi connectivity index (χ1n) is 19.5. The van der Waals surface area contributed by atoms with E-state index in [4.69, 9.17) is 4.42 Å². The summed E-state index contributed by atoms with van der Waals surface area (Å²) in [4.78, 5) is 2.30. The number of benzene rings is 9. The molecule has 10 rings (SSSR count). The van der Waals surface area contributed by atoms with E-state index in [0.29, 0.717) is 0 Å². The summed E-state index contributed by atoms with van der Waals surface area (Å²) in [6.07, 6.45) is 0. The Morgan fingerprint density at radius 3 is 1.19 bits per heavy atom. The Labute approximate surface area is 334 Å². The fourth-order valence-electron chi connectivity index (χ4n) is 8.52. The minimum Gasteiger partial charge on any atom is -0.456 e. The van der Waals surface area contributed by atoms with Crippen LogP contribution in [-0.2, 0) is 0 Å². The Morgan fingerprint density at radius 2 is 0.649 bits per heavy atom. The first kappa shape index (κ1) is 34.3. The van der Waals surface area contributed by atoms with Crippen LogP contribution in [0.3, 0.4) is 0 Å². The zero-order chi connectivity index (χ0) is 38.0. The number of hydrogen-bond donors (Lipinski definition) is 0. The highest BCUT2D eigenvalue weighted by atomic mass is 28.3. The van der Waals surface area contributed by atoms with Crippen molar-refractivity contribution in [2.45, 2.75) is 0 Å². The zero-order valence-corrected chi connectivity index (χ0v) is 32.4. The molecule has 270 valence electrons. The number of para-hydroxylation sites is 1. The molecular weight excluding hydrogens is 707 g/mol. The van der Waals surface area contributed by atoms with Crippen LogP contribution in [-0.4, -0.2) is 8.07 Å². The van der Waals surface area contributed by atoms with Crippen LogP contribution in [0.1, 0.15) is 0 Å². The van der Waals surface area contributed by atoms with Gasteiger partial charge in [-0.15, -0.1) is 0 Å². The van der Waals surface area contributed by atoms with Crippen molar-refractivity contribution in [3.8, 4) is 22.3 Å². The molecule has 0 aliphatic heterocycles. The number of furan rings is 1. The van der Waals surface area contributed by atoms with Crippen LogP contribution in [0.4, 0.5) is 17.1 Å². The number of hydrogen-bond acceptors (Lipinski definition) is 2. The SMILES string of the molecule is c1ccc(-c2ccc3c(c2)oc2cc(N(c4ccccc4)c4ccc(-c5ccc([Si](c6ccccc6)(c6ccccc6)c6ccccc6)cc5)cc4)ccc23)cc1. The quantitative estimate of drug-likeness (QED) is 0.108. The second-order valence-electron chi connectivity index (χ2n) is 14.5. The van der Waals surface area contributed by atoms with Crippen molar-refractivity contribution in [1.82, 2.24) is 0 Å². The van der Waals surface area contributed by atoms with Gasteiger partial charge in [0.05, 0.1) is 0 Å². The van der Waals surface area contributed by atoms with Crippen LogP contribution >= 0.6 is 0 Å². The van der Waals surface area contributed by atoms with Crippen molar-refractivity contribution in [2.75, 3.05) is 4.90 Å². The lowest BCUT2D eigenvalue weighted by atomic mass is 10.0. The molecule has 0 aliphatic rings. The van der Waals surface area contributed by atoms with Gasteiger partial charge in [0.2, 0.25) is 0 Å². The Kier molecular flexibility index (Phi) is 8.90. The maximum atomic E-state index is 6.55. The third kappa shape index (κ3) is 6.25. The molecule has 0 saturated heterocycles. The fraction of sp³-hybridized carbons (Fsp3) is 0. The molecule has 0 spiro atoms. The van der Waals surface area contributed by atoms with E-state index in [1.165, 1.54) is 37.4 Å². The zero-order valence-electron chi connectivity index (χ0n) is 31.4. The Balaban J connectivity index is 1.01. The minimum atomic E-state index is -2.59. The van der Waals surface area contributed by atoms with Gasteiger partial charge in [-0.3, -0.25) is 0 Å². The van der Waals surface area contributed by atoms with Crippen molar-refractivity contribution in [1.29, 1.82) is 0 Å². The van der Waals surface area contributed by atoms with Crippen molar-refractivity contribution in [2.24, 2.45) is 0 Å². The molecule has 3 heteroatoms. The summed E-state index contributed by atoms with van der Waals surface area (Å²) >= 11 is 0. The van der Waals surface area contributed by atoms with Crippen molar-refractivity contribution >= 4 is 67.8 Å². The maximum absolute atomic E-state index is 6.55. The van der Waals surface area contributed by atoms with Crippen LogP contribution in [0.25, 0.3) is 44.2 Å². The fourth-order valence-corrected chi connectivity index (χ4v) is 13.3. The van der Waals surface area contributed by atoms with Crippen LogP contribution in [0.2, 0.25) is 0 Å². The molecule has 1 aromatic heterocycles. The lowest BCUT2D eigenvalue weighted by Gasteiger charge is -2.34. The van der Waals surface area contributed by atoms with Crippen LogP contribution in [0.5, 0.6) is 0 Å². The maximum Gasteiger partial charge on any atom is 0.179 e. The van der Waals surface area contributed by atoms with Gasteiger partial charge in [0.1, 0.15) is 11.2 Å². The second-order valence-corrected chi connectivity index (χ2v) is 18.3. The third-order valence-corrected chi connectivity index (χ3v) is 16.0. The van der Waals surface area contributed by atoms with E-state index in [-0.39, 0.29) is 0 Å². The molecule has 0 radical (unpaired) electrons.